The molecule has 1 amide bonds. The highest BCUT2D eigenvalue weighted by atomic mass is 19.4. The molecule has 6 nitrogen and oxygen atoms in total. The molecule has 3 aromatic carbocycles. The van der Waals surface area contributed by atoms with Crippen molar-refractivity contribution in [1.82, 2.24) is 4.90 Å². The van der Waals surface area contributed by atoms with Crippen molar-refractivity contribution in [2.75, 3.05) is 20.8 Å². The van der Waals surface area contributed by atoms with Gasteiger partial charge >= 0.3 is 24.4 Å². The van der Waals surface area contributed by atoms with Crippen molar-refractivity contribution in [3.05, 3.63) is 93.0 Å². The number of carbonyl (C=O) groups is 2. The summed E-state index contributed by atoms with van der Waals surface area (Å²) in [6.07, 6.45) is -10.2. The second-order valence-corrected chi connectivity index (χ2v) is 13.8. The minimum absolute atomic E-state index is 0.0551. The van der Waals surface area contributed by atoms with E-state index < -0.39 is 47.7 Å². The van der Waals surface area contributed by atoms with Crippen LogP contribution in [0.4, 0.5) is 31.1 Å². The van der Waals surface area contributed by atoms with E-state index in [9.17, 15) is 35.9 Å². The Morgan fingerprint density at radius 1 is 0.900 bits per heavy atom. The van der Waals surface area contributed by atoms with Crippen LogP contribution in [-0.4, -0.2) is 43.8 Å². The molecule has 0 spiro atoms. The summed E-state index contributed by atoms with van der Waals surface area (Å²) >= 11 is 0. The monoisotopic (exact) mass is 703 g/mol. The van der Waals surface area contributed by atoms with E-state index in [0.29, 0.717) is 36.3 Å². The molecule has 0 bridgehead atoms. The third-order valence-electron chi connectivity index (χ3n) is 9.67. The van der Waals surface area contributed by atoms with E-state index in [-0.39, 0.29) is 23.6 Å². The van der Waals surface area contributed by atoms with Crippen LogP contribution in [0.15, 0.2) is 54.1 Å². The SMILES string of the molecule is COC(=O)c1ccc(-c2cc(C3=C(CN4C(=O)O[C@H](c5cc(C(F)(F)F)cc(C(F)(F)F)c5)C4C)CC(C)(C)CC3)c(OC)cc2C)c(C)c1. The molecule has 12 heteroatoms. The number of methoxy groups -OCH3 is 2. The average molecular weight is 704 g/mol. The van der Waals surface area contributed by atoms with Crippen molar-refractivity contribution in [1.29, 1.82) is 0 Å². The Hall–Kier alpha value is -4.48. The first-order valence-corrected chi connectivity index (χ1v) is 16.1. The third-order valence-corrected chi connectivity index (χ3v) is 9.67. The number of benzene rings is 3. The summed E-state index contributed by atoms with van der Waals surface area (Å²) in [5.74, 6) is 0.165. The molecular weight excluding hydrogens is 664 g/mol. The number of allylic oxidation sites excluding steroid dienone is 1. The molecule has 1 unspecified atom stereocenters. The maximum atomic E-state index is 13.6. The summed E-state index contributed by atoms with van der Waals surface area (Å²) < 4.78 is 98.1. The van der Waals surface area contributed by atoms with Crippen LogP contribution in [-0.2, 0) is 21.8 Å². The lowest BCUT2D eigenvalue weighted by atomic mass is 9.72. The van der Waals surface area contributed by atoms with Gasteiger partial charge in [-0.25, -0.2) is 9.59 Å². The lowest BCUT2D eigenvalue weighted by Gasteiger charge is -2.36. The van der Waals surface area contributed by atoms with Crippen LogP contribution in [0.1, 0.15) is 89.9 Å². The molecule has 1 saturated heterocycles. The molecule has 2 atom stereocenters. The summed E-state index contributed by atoms with van der Waals surface area (Å²) in [7, 11) is 2.89. The fourth-order valence-electron chi connectivity index (χ4n) is 6.98. The lowest BCUT2D eigenvalue weighted by Crippen LogP contribution is -2.35. The molecule has 1 aliphatic carbocycles. The van der Waals surface area contributed by atoms with Crippen LogP contribution in [0.5, 0.6) is 5.75 Å². The fraction of sp³-hybridized carbons (Fsp3) is 0.421. The standard InChI is InChI=1S/C38H39F6NO5/c1-20-12-23(34(46)49-7)8-9-28(20)30-17-31(32(48-6)13-21(30)2)29-10-11-36(4,5)18-25(29)19-45-22(3)33(50-35(45)47)24-14-26(37(39,40)41)16-27(15-24)38(42,43)44/h8-9,12-17,22,33H,10-11,18-19H2,1-7H3/t22?,33-/m0/s1. The van der Waals surface area contributed by atoms with E-state index in [1.165, 1.54) is 12.0 Å². The van der Waals surface area contributed by atoms with Crippen LogP contribution in [0.25, 0.3) is 16.7 Å². The minimum Gasteiger partial charge on any atom is -0.496 e. The summed E-state index contributed by atoms with van der Waals surface area (Å²) in [6.45, 7) is 9.67. The number of carbonyl (C=O) groups excluding carboxylic acids is 2. The van der Waals surface area contributed by atoms with Crippen LogP contribution >= 0.6 is 0 Å². The number of ether oxygens (including phenoxy) is 3. The minimum atomic E-state index is -5.04. The Labute approximate surface area is 287 Å². The summed E-state index contributed by atoms with van der Waals surface area (Å²) in [6, 6.07) is 9.68. The van der Waals surface area contributed by atoms with Crippen molar-refractivity contribution in [2.45, 2.75) is 78.4 Å². The number of cyclic esters (lactones) is 1. The number of alkyl halides is 6. The summed E-state index contributed by atoms with van der Waals surface area (Å²) in [5, 5.41) is 0. The molecule has 1 aliphatic heterocycles. The Kier molecular flexibility index (Phi) is 9.81. The number of nitrogens with zero attached hydrogens (tertiary/aromatic N) is 1. The third kappa shape index (κ3) is 7.34. The van der Waals surface area contributed by atoms with Crippen molar-refractivity contribution in [3.8, 4) is 16.9 Å². The van der Waals surface area contributed by atoms with Crippen molar-refractivity contribution in [2.24, 2.45) is 5.41 Å². The summed E-state index contributed by atoms with van der Waals surface area (Å²) in [5.41, 5.74) is 3.16. The lowest BCUT2D eigenvalue weighted by molar-refractivity contribution is -0.143. The highest BCUT2D eigenvalue weighted by molar-refractivity contribution is 5.91. The van der Waals surface area contributed by atoms with Gasteiger partial charge in [-0.2, -0.15) is 26.3 Å². The number of rotatable bonds is 7. The van der Waals surface area contributed by atoms with Crippen molar-refractivity contribution >= 4 is 17.6 Å². The molecular formula is C38H39F6NO5. The number of esters is 1. The smallest absolute Gasteiger partial charge is 0.416 e. The molecule has 2 aliphatic rings. The Morgan fingerprint density at radius 3 is 2.08 bits per heavy atom. The van der Waals surface area contributed by atoms with Gasteiger partial charge in [0.25, 0.3) is 0 Å². The van der Waals surface area contributed by atoms with Gasteiger partial charge < -0.3 is 14.2 Å². The van der Waals surface area contributed by atoms with Crippen LogP contribution in [0, 0.1) is 19.3 Å². The van der Waals surface area contributed by atoms with Gasteiger partial charge in [0, 0.05) is 12.1 Å². The first-order chi connectivity index (χ1) is 23.2. The van der Waals surface area contributed by atoms with Gasteiger partial charge in [0.15, 0.2) is 0 Å². The quantitative estimate of drug-likeness (QED) is 0.181. The van der Waals surface area contributed by atoms with Crippen LogP contribution < -0.4 is 4.74 Å². The highest BCUT2D eigenvalue weighted by Crippen LogP contribution is 2.48. The number of aryl methyl sites for hydroxylation is 2. The van der Waals surface area contributed by atoms with Crippen LogP contribution in [0.3, 0.4) is 0 Å². The largest absolute Gasteiger partial charge is 0.496 e. The zero-order valence-corrected chi connectivity index (χ0v) is 28.9. The van der Waals surface area contributed by atoms with E-state index in [1.807, 2.05) is 32.0 Å². The molecule has 3 aromatic rings. The van der Waals surface area contributed by atoms with Gasteiger partial charge in [-0.3, -0.25) is 4.90 Å². The number of amides is 1. The molecule has 0 saturated carbocycles. The van der Waals surface area contributed by atoms with E-state index in [2.05, 4.69) is 13.8 Å². The molecule has 1 heterocycles. The van der Waals surface area contributed by atoms with Gasteiger partial charge in [0.05, 0.1) is 37.0 Å². The zero-order chi connectivity index (χ0) is 36.9. The van der Waals surface area contributed by atoms with Crippen LogP contribution in [0.2, 0.25) is 0 Å². The normalized spacial score (nSPS) is 19.5. The molecule has 0 N–H and O–H groups in total. The van der Waals surface area contributed by atoms with Gasteiger partial charge in [0.1, 0.15) is 11.9 Å². The predicted molar refractivity (Wildman–Crippen MR) is 176 cm³/mol. The zero-order valence-electron chi connectivity index (χ0n) is 28.9. The van der Waals surface area contributed by atoms with Gasteiger partial charge in [-0.15, -0.1) is 0 Å². The maximum Gasteiger partial charge on any atom is 0.416 e. The number of hydrogen-bond donors (Lipinski definition) is 0. The van der Waals surface area contributed by atoms with E-state index >= 15 is 0 Å². The van der Waals surface area contributed by atoms with Gasteiger partial charge in [0.2, 0.25) is 0 Å². The molecule has 5 rings (SSSR count). The molecule has 50 heavy (non-hydrogen) atoms. The Morgan fingerprint density at radius 2 is 1.52 bits per heavy atom. The number of hydrogen-bond acceptors (Lipinski definition) is 5. The highest BCUT2D eigenvalue weighted by Gasteiger charge is 2.44. The first kappa shape index (κ1) is 36.8. The Bertz CT molecular complexity index is 1830. The van der Waals surface area contributed by atoms with E-state index in [1.54, 1.807) is 26.2 Å². The number of halogens is 6. The maximum absolute atomic E-state index is 13.6. The van der Waals surface area contributed by atoms with Gasteiger partial charge in [-0.05, 0) is 127 Å². The second kappa shape index (κ2) is 13.3. The fourth-order valence-corrected chi connectivity index (χ4v) is 6.98. The molecule has 0 radical (unpaired) electrons. The van der Waals surface area contributed by atoms with E-state index in [0.717, 1.165) is 45.4 Å². The topological polar surface area (TPSA) is 65.1 Å². The van der Waals surface area contributed by atoms with Crippen molar-refractivity contribution < 1.29 is 50.1 Å². The Balaban J connectivity index is 1.57. The predicted octanol–water partition coefficient (Wildman–Crippen LogP) is 10.3. The first-order valence-electron chi connectivity index (χ1n) is 16.1. The molecule has 268 valence electrons. The van der Waals surface area contributed by atoms with Gasteiger partial charge in [-0.1, -0.05) is 19.9 Å². The molecule has 1 fully saturated rings. The van der Waals surface area contributed by atoms with Crippen molar-refractivity contribution in [3.63, 3.8) is 0 Å². The average Bonchev–Trinajstić information content (AvgIpc) is 3.31. The summed E-state index contributed by atoms with van der Waals surface area (Å²) in [4.78, 5) is 26.8. The molecule has 0 aromatic heterocycles. The van der Waals surface area contributed by atoms with E-state index in [4.69, 9.17) is 14.2 Å². The second-order valence-electron chi connectivity index (χ2n) is 13.8.